The zero-order valence-corrected chi connectivity index (χ0v) is 11.4. The van der Waals surface area contributed by atoms with Gasteiger partial charge in [-0.25, -0.2) is 0 Å². The molecule has 0 saturated carbocycles. The normalized spacial score (nSPS) is 19.7. The van der Waals surface area contributed by atoms with Crippen molar-refractivity contribution in [2.75, 3.05) is 26.3 Å². The molecule has 1 atom stereocenters. The summed E-state index contributed by atoms with van der Waals surface area (Å²) in [5, 5.41) is 0. The van der Waals surface area contributed by atoms with Crippen LogP contribution in [0.5, 0.6) is 0 Å². The lowest BCUT2D eigenvalue weighted by Crippen LogP contribution is -2.41. The Morgan fingerprint density at radius 2 is 2.47 bits per heavy atom. The Bertz CT molecular complexity index is 417. The number of piperidine rings is 1. The van der Waals surface area contributed by atoms with Gasteiger partial charge in [0.2, 0.25) is 0 Å². The second kappa shape index (κ2) is 6.73. The lowest BCUT2D eigenvalue weighted by Gasteiger charge is -2.32. The van der Waals surface area contributed by atoms with Crippen LogP contribution in [0, 0.1) is 5.92 Å². The van der Waals surface area contributed by atoms with Crippen LogP contribution in [0.4, 0.5) is 0 Å². The second-order valence-corrected chi connectivity index (χ2v) is 4.92. The number of hydrogen-bond acceptors (Lipinski definition) is 4. The molecule has 5 heteroatoms. The summed E-state index contributed by atoms with van der Waals surface area (Å²) >= 11 is 0. The van der Waals surface area contributed by atoms with Crippen LogP contribution in [-0.2, 0) is 11.3 Å². The van der Waals surface area contributed by atoms with Gasteiger partial charge in [0.15, 0.2) is 0 Å². The highest BCUT2D eigenvalue weighted by Gasteiger charge is 2.25. The van der Waals surface area contributed by atoms with Gasteiger partial charge in [0, 0.05) is 19.7 Å². The van der Waals surface area contributed by atoms with E-state index in [9.17, 15) is 4.79 Å². The number of hydrogen-bond donors (Lipinski definition) is 1. The number of likely N-dealkylation sites (tertiary alicyclic amines) is 1. The van der Waals surface area contributed by atoms with E-state index < -0.39 is 0 Å². The molecule has 1 aliphatic heterocycles. The van der Waals surface area contributed by atoms with E-state index >= 15 is 0 Å². The van der Waals surface area contributed by atoms with Crippen LogP contribution in [0.1, 0.15) is 35.9 Å². The Balaban J connectivity index is 1.94. The fourth-order valence-corrected chi connectivity index (χ4v) is 2.45. The van der Waals surface area contributed by atoms with Crippen LogP contribution in [0.3, 0.4) is 0 Å². The molecule has 1 fully saturated rings. The smallest absolute Gasteiger partial charge is 0.257 e. The molecular formula is C14H22N2O3. The SMILES string of the molecule is CCOCC1CCCN(C(=O)c2coc(CN)c2)C1. The van der Waals surface area contributed by atoms with Crippen LogP contribution in [0.15, 0.2) is 16.7 Å². The number of ether oxygens (including phenoxy) is 1. The summed E-state index contributed by atoms with van der Waals surface area (Å²) in [6, 6.07) is 1.73. The average molecular weight is 266 g/mol. The number of amides is 1. The number of furan rings is 1. The first kappa shape index (κ1) is 14.1. The van der Waals surface area contributed by atoms with E-state index in [0.717, 1.165) is 39.1 Å². The van der Waals surface area contributed by atoms with Crippen molar-refractivity contribution in [3.05, 3.63) is 23.7 Å². The van der Waals surface area contributed by atoms with Crippen LogP contribution in [0.2, 0.25) is 0 Å². The van der Waals surface area contributed by atoms with Gasteiger partial charge in [-0.3, -0.25) is 4.79 Å². The van der Waals surface area contributed by atoms with Gasteiger partial charge in [-0.05, 0) is 31.7 Å². The monoisotopic (exact) mass is 266 g/mol. The highest BCUT2D eigenvalue weighted by molar-refractivity contribution is 5.94. The zero-order valence-electron chi connectivity index (χ0n) is 11.4. The Morgan fingerprint density at radius 1 is 1.63 bits per heavy atom. The van der Waals surface area contributed by atoms with Gasteiger partial charge in [0.05, 0.1) is 18.7 Å². The maximum atomic E-state index is 12.3. The molecule has 0 radical (unpaired) electrons. The van der Waals surface area contributed by atoms with Crippen molar-refractivity contribution >= 4 is 5.91 Å². The molecule has 2 heterocycles. The highest BCUT2D eigenvalue weighted by atomic mass is 16.5. The molecule has 2 N–H and O–H groups in total. The minimum atomic E-state index is 0.0321. The Morgan fingerprint density at radius 3 is 3.16 bits per heavy atom. The zero-order chi connectivity index (χ0) is 13.7. The van der Waals surface area contributed by atoms with E-state index in [1.165, 1.54) is 6.26 Å². The molecule has 1 aromatic heterocycles. The molecule has 1 saturated heterocycles. The molecule has 0 aromatic carbocycles. The predicted octanol–water partition coefficient (Wildman–Crippen LogP) is 1.63. The minimum absolute atomic E-state index is 0.0321. The second-order valence-electron chi connectivity index (χ2n) is 4.92. The van der Waals surface area contributed by atoms with Crippen LogP contribution < -0.4 is 5.73 Å². The molecular weight excluding hydrogens is 244 g/mol. The molecule has 1 aromatic rings. The van der Waals surface area contributed by atoms with Crippen LogP contribution in [0.25, 0.3) is 0 Å². The standard InChI is InChI=1S/C14H22N2O3/c1-2-18-9-11-4-3-5-16(8-11)14(17)12-6-13(7-15)19-10-12/h6,10-11H,2-5,7-9,15H2,1H3. The van der Waals surface area contributed by atoms with Crippen molar-refractivity contribution in [3.63, 3.8) is 0 Å². The summed E-state index contributed by atoms with van der Waals surface area (Å²) in [5.41, 5.74) is 6.08. The molecule has 19 heavy (non-hydrogen) atoms. The number of carbonyl (C=O) groups is 1. The van der Waals surface area contributed by atoms with Crippen LogP contribution in [-0.4, -0.2) is 37.1 Å². The van der Waals surface area contributed by atoms with E-state index in [1.54, 1.807) is 6.07 Å². The third kappa shape index (κ3) is 3.58. The van der Waals surface area contributed by atoms with Crippen molar-refractivity contribution < 1.29 is 13.9 Å². The Labute approximate surface area is 113 Å². The summed E-state index contributed by atoms with van der Waals surface area (Å²) in [6.45, 7) is 5.35. The quantitative estimate of drug-likeness (QED) is 0.879. The van der Waals surface area contributed by atoms with Crippen molar-refractivity contribution in [2.45, 2.75) is 26.3 Å². The van der Waals surface area contributed by atoms with Gasteiger partial charge in [0.1, 0.15) is 12.0 Å². The number of rotatable bonds is 5. The fraction of sp³-hybridized carbons (Fsp3) is 0.643. The van der Waals surface area contributed by atoms with Gasteiger partial charge >= 0.3 is 0 Å². The molecule has 1 amide bonds. The summed E-state index contributed by atoms with van der Waals surface area (Å²) in [5.74, 6) is 1.12. The summed E-state index contributed by atoms with van der Waals surface area (Å²) < 4.78 is 10.7. The first-order valence-corrected chi connectivity index (χ1v) is 6.89. The molecule has 2 rings (SSSR count). The van der Waals surface area contributed by atoms with E-state index in [-0.39, 0.29) is 5.91 Å². The minimum Gasteiger partial charge on any atom is -0.467 e. The topological polar surface area (TPSA) is 68.7 Å². The Hall–Kier alpha value is -1.33. The molecule has 0 bridgehead atoms. The molecule has 0 spiro atoms. The fourth-order valence-electron chi connectivity index (χ4n) is 2.45. The van der Waals surface area contributed by atoms with E-state index in [1.807, 2.05) is 11.8 Å². The molecule has 0 aliphatic carbocycles. The van der Waals surface area contributed by atoms with Crippen molar-refractivity contribution in [1.82, 2.24) is 4.90 Å². The largest absolute Gasteiger partial charge is 0.467 e. The molecule has 5 nitrogen and oxygen atoms in total. The lowest BCUT2D eigenvalue weighted by atomic mass is 9.98. The average Bonchev–Trinajstić information content (AvgIpc) is 2.93. The third-order valence-corrected chi connectivity index (χ3v) is 3.47. The number of nitrogens with zero attached hydrogens (tertiary/aromatic N) is 1. The molecule has 1 unspecified atom stereocenters. The predicted molar refractivity (Wildman–Crippen MR) is 71.7 cm³/mol. The maximum absolute atomic E-state index is 12.3. The van der Waals surface area contributed by atoms with Gasteiger partial charge in [-0.2, -0.15) is 0 Å². The molecule has 106 valence electrons. The third-order valence-electron chi connectivity index (χ3n) is 3.47. The van der Waals surface area contributed by atoms with Crippen molar-refractivity contribution in [1.29, 1.82) is 0 Å². The Kier molecular flexibility index (Phi) is 4.99. The van der Waals surface area contributed by atoms with Gasteiger partial charge in [-0.1, -0.05) is 0 Å². The van der Waals surface area contributed by atoms with Gasteiger partial charge < -0.3 is 19.8 Å². The van der Waals surface area contributed by atoms with E-state index in [2.05, 4.69) is 0 Å². The summed E-state index contributed by atoms with van der Waals surface area (Å²) in [7, 11) is 0. The summed E-state index contributed by atoms with van der Waals surface area (Å²) in [4.78, 5) is 14.2. The first-order chi connectivity index (χ1) is 9.24. The van der Waals surface area contributed by atoms with Crippen molar-refractivity contribution in [3.8, 4) is 0 Å². The van der Waals surface area contributed by atoms with Crippen LogP contribution >= 0.6 is 0 Å². The number of nitrogens with two attached hydrogens (primary N) is 1. The van der Waals surface area contributed by atoms with Gasteiger partial charge in [0.25, 0.3) is 5.91 Å². The first-order valence-electron chi connectivity index (χ1n) is 6.89. The number of carbonyl (C=O) groups excluding carboxylic acids is 1. The van der Waals surface area contributed by atoms with E-state index in [0.29, 0.717) is 23.8 Å². The highest BCUT2D eigenvalue weighted by Crippen LogP contribution is 2.19. The lowest BCUT2D eigenvalue weighted by molar-refractivity contribution is 0.0500. The van der Waals surface area contributed by atoms with Gasteiger partial charge in [-0.15, -0.1) is 0 Å². The van der Waals surface area contributed by atoms with E-state index in [4.69, 9.17) is 14.9 Å². The summed E-state index contributed by atoms with van der Waals surface area (Å²) in [6.07, 6.45) is 3.66. The maximum Gasteiger partial charge on any atom is 0.257 e. The van der Waals surface area contributed by atoms with Crippen molar-refractivity contribution in [2.24, 2.45) is 11.7 Å². The molecule has 1 aliphatic rings.